The molecule has 194 valence electrons. The summed E-state index contributed by atoms with van der Waals surface area (Å²) in [6, 6.07) is 33.3. The zero-order valence-corrected chi connectivity index (χ0v) is 21.7. The summed E-state index contributed by atoms with van der Waals surface area (Å²) >= 11 is 0. The highest BCUT2D eigenvalue weighted by molar-refractivity contribution is 5.95. The summed E-state index contributed by atoms with van der Waals surface area (Å²) in [6.45, 7) is 2.11. The van der Waals surface area contributed by atoms with Crippen LogP contribution in [0.5, 0.6) is 0 Å². The Hall–Kier alpha value is -4.95. The van der Waals surface area contributed by atoms with Gasteiger partial charge in [0.05, 0.1) is 23.6 Å². The topological polar surface area (TPSA) is 90.2 Å². The SMILES string of the molecule is CCc1cccc(-c2ccc(C(=O)N[C@H](/C=C/c3ccccc3)[C@@H](Cc3cccc(C#N)c3)C(=O)O)cc2)c1. The molecule has 5 heteroatoms. The van der Waals surface area contributed by atoms with Crippen LogP contribution in [-0.4, -0.2) is 23.0 Å². The molecule has 0 fully saturated rings. The maximum atomic E-state index is 13.3. The average Bonchev–Trinajstić information content (AvgIpc) is 2.98. The Balaban J connectivity index is 1.59. The van der Waals surface area contributed by atoms with Crippen molar-refractivity contribution in [3.05, 3.63) is 137 Å². The Morgan fingerprint density at radius 2 is 1.59 bits per heavy atom. The number of benzene rings is 4. The van der Waals surface area contributed by atoms with E-state index in [1.165, 1.54) is 5.56 Å². The molecule has 0 saturated heterocycles. The highest BCUT2D eigenvalue weighted by Gasteiger charge is 2.28. The predicted molar refractivity (Wildman–Crippen MR) is 154 cm³/mol. The van der Waals surface area contributed by atoms with Crippen LogP contribution < -0.4 is 5.32 Å². The molecular formula is C34H30N2O3. The van der Waals surface area contributed by atoms with Gasteiger partial charge in [-0.25, -0.2) is 0 Å². The van der Waals surface area contributed by atoms with Gasteiger partial charge in [-0.05, 0) is 64.9 Å². The fourth-order valence-electron chi connectivity index (χ4n) is 4.47. The van der Waals surface area contributed by atoms with Crippen molar-refractivity contribution in [1.82, 2.24) is 5.32 Å². The van der Waals surface area contributed by atoms with Gasteiger partial charge < -0.3 is 10.4 Å². The molecule has 0 spiro atoms. The highest BCUT2D eigenvalue weighted by Crippen LogP contribution is 2.22. The van der Waals surface area contributed by atoms with E-state index in [0.29, 0.717) is 16.7 Å². The molecule has 4 rings (SSSR count). The van der Waals surface area contributed by atoms with Crippen molar-refractivity contribution in [1.29, 1.82) is 5.26 Å². The lowest BCUT2D eigenvalue weighted by Crippen LogP contribution is -2.43. The predicted octanol–water partition coefficient (Wildman–Crippen LogP) is 6.54. The van der Waals surface area contributed by atoms with Crippen molar-refractivity contribution < 1.29 is 14.7 Å². The van der Waals surface area contributed by atoms with Gasteiger partial charge in [-0.15, -0.1) is 0 Å². The Bertz CT molecular complexity index is 1500. The third kappa shape index (κ3) is 7.30. The van der Waals surface area contributed by atoms with Gasteiger partial charge >= 0.3 is 5.97 Å². The van der Waals surface area contributed by atoms with E-state index in [4.69, 9.17) is 0 Å². The standard InChI is InChI=1S/C34H30N2O3/c1-2-24-10-7-13-30(21-24)28-15-17-29(18-16-28)33(37)36-32(19-14-25-8-4-3-5-9-25)31(34(38)39)22-26-11-6-12-27(20-26)23-35/h3-21,31-32H,2,22H2,1H3,(H,36,37)(H,38,39)/b19-14+/t31-,32-/m1/s1. The molecule has 0 aliphatic rings. The summed E-state index contributed by atoms with van der Waals surface area (Å²) < 4.78 is 0. The van der Waals surface area contributed by atoms with Gasteiger partial charge in [0.15, 0.2) is 0 Å². The lowest BCUT2D eigenvalue weighted by molar-refractivity contribution is -0.142. The minimum Gasteiger partial charge on any atom is -0.481 e. The van der Waals surface area contributed by atoms with Crippen LogP contribution in [0.1, 0.15) is 39.5 Å². The maximum absolute atomic E-state index is 13.3. The van der Waals surface area contributed by atoms with Crippen LogP contribution in [0.3, 0.4) is 0 Å². The summed E-state index contributed by atoms with van der Waals surface area (Å²) in [5.74, 6) is -2.34. The minimum atomic E-state index is -1.04. The smallest absolute Gasteiger partial charge is 0.309 e. The molecule has 0 radical (unpaired) electrons. The number of nitriles is 1. The number of hydrogen-bond acceptors (Lipinski definition) is 3. The van der Waals surface area contributed by atoms with E-state index in [0.717, 1.165) is 23.1 Å². The number of nitrogens with zero attached hydrogens (tertiary/aromatic N) is 1. The lowest BCUT2D eigenvalue weighted by atomic mass is 9.90. The van der Waals surface area contributed by atoms with Crippen LogP contribution >= 0.6 is 0 Å². The summed E-state index contributed by atoms with van der Waals surface area (Å²) in [5.41, 5.74) is 5.83. The minimum absolute atomic E-state index is 0.154. The van der Waals surface area contributed by atoms with Crippen LogP contribution in [0.25, 0.3) is 17.2 Å². The number of rotatable bonds is 10. The van der Waals surface area contributed by atoms with Gasteiger partial charge in [0.1, 0.15) is 0 Å². The second-order valence-corrected chi connectivity index (χ2v) is 9.36. The van der Waals surface area contributed by atoms with Gasteiger partial charge in [-0.1, -0.05) is 97.9 Å². The number of hydrogen-bond donors (Lipinski definition) is 2. The van der Waals surface area contributed by atoms with Gasteiger partial charge in [0.25, 0.3) is 5.91 Å². The summed E-state index contributed by atoms with van der Waals surface area (Å²) in [5, 5.41) is 22.4. The average molecular weight is 515 g/mol. The van der Waals surface area contributed by atoms with Crippen LogP contribution in [0, 0.1) is 17.2 Å². The van der Waals surface area contributed by atoms with Crippen LogP contribution in [0.15, 0.2) is 109 Å². The summed E-state index contributed by atoms with van der Waals surface area (Å²) in [4.78, 5) is 25.7. The van der Waals surface area contributed by atoms with E-state index in [2.05, 4.69) is 30.4 Å². The fraction of sp³-hybridized carbons (Fsp3) is 0.147. The molecule has 4 aromatic carbocycles. The first-order valence-electron chi connectivity index (χ1n) is 12.9. The number of carbonyl (C=O) groups excluding carboxylic acids is 1. The van der Waals surface area contributed by atoms with Gasteiger partial charge in [-0.3, -0.25) is 9.59 Å². The number of carbonyl (C=O) groups is 2. The van der Waals surface area contributed by atoms with E-state index in [9.17, 15) is 20.0 Å². The molecule has 0 heterocycles. The van der Waals surface area contributed by atoms with Crippen molar-refractivity contribution >= 4 is 18.0 Å². The molecule has 0 aromatic heterocycles. The maximum Gasteiger partial charge on any atom is 0.309 e. The molecule has 39 heavy (non-hydrogen) atoms. The van der Waals surface area contributed by atoms with Crippen LogP contribution in [0.2, 0.25) is 0 Å². The first-order valence-corrected chi connectivity index (χ1v) is 12.9. The molecule has 4 aromatic rings. The Morgan fingerprint density at radius 1 is 0.872 bits per heavy atom. The molecule has 5 nitrogen and oxygen atoms in total. The molecule has 0 aliphatic heterocycles. The van der Waals surface area contributed by atoms with Gasteiger partial charge in [0.2, 0.25) is 0 Å². The third-order valence-corrected chi connectivity index (χ3v) is 6.67. The Morgan fingerprint density at radius 3 is 2.28 bits per heavy atom. The number of aliphatic carboxylic acids is 1. The number of aryl methyl sites for hydroxylation is 1. The van der Waals surface area contributed by atoms with Crippen molar-refractivity contribution in [2.45, 2.75) is 25.8 Å². The Labute approximate surface area is 229 Å². The summed E-state index contributed by atoms with van der Waals surface area (Å²) in [6.07, 6.45) is 4.64. The first-order chi connectivity index (χ1) is 19.0. The first kappa shape index (κ1) is 27.1. The molecule has 0 unspecified atom stereocenters. The van der Waals surface area contributed by atoms with Crippen molar-refractivity contribution in [3.8, 4) is 17.2 Å². The van der Waals surface area contributed by atoms with Crippen molar-refractivity contribution in [2.24, 2.45) is 5.92 Å². The molecule has 0 aliphatic carbocycles. The van der Waals surface area contributed by atoms with Gasteiger partial charge in [-0.2, -0.15) is 5.26 Å². The van der Waals surface area contributed by atoms with Crippen LogP contribution in [0.4, 0.5) is 0 Å². The molecule has 2 N–H and O–H groups in total. The Kier molecular flexibility index (Phi) is 9.05. The quantitative estimate of drug-likeness (QED) is 0.251. The third-order valence-electron chi connectivity index (χ3n) is 6.67. The molecule has 1 amide bonds. The number of carboxylic acids is 1. The van der Waals surface area contributed by atoms with E-state index >= 15 is 0 Å². The lowest BCUT2D eigenvalue weighted by Gasteiger charge is -2.23. The largest absolute Gasteiger partial charge is 0.481 e. The van der Waals surface area contributed by atoms with Crippen LogP contribution in [-0.2, 0) is 17.6 Å². The molecular weight excluding hydrogens is 484 g/mol. The number of nitrogens with one attached hydrogen (secondary N) is 1. The summed E-state index contributed by atoms with van der Waals surface area (Å²) in [7, 11) is 0. The molecule has 0 bridgehead atoms. The number of carboxylic acid groups (broad SMARTS) is 1. The van der Waals surface area contributed by atoms with E-state index in [-0.39, 0.29) is 12.3 Å². The normalized spacial score (nSPS) is 12.4. The fourth-order valence-corrected chi connectivity index (χ4v) is 4.47. The monoisotopic (exact) mass is 514 g/mol. The number of amides is 1. The van der Waals surface area contributed by atoms with E-state index < -0.39 is 17.9 Å². The second kappa shape index (κ2) is 13.0. The highest BCUT2D eigenvalue weighted by atomic mass is 16.4. The van der Waals surface area contributed by atoms with Gasteiger partial charge in [0, 0.05) is 5.56 Å². The second-order valence-electron chi connectivity index (χ2n) is 9.36. The van der Waals surface area contributed by atoms with E-state index in [1.807, 2.05) is 60.7 Å². The molecule has 2 atom stereocenters. The van der Waals surface area contributed by atoms with Crippen molar-refractivity contribution in [2.75, 3.05) is 0 Å². The molecule has 0 saturated carbocycles. The zero-order chi connectivity index (χ0) is 27.6. The zero-order valence-electron chi connectivity index (χ0n) is 21.7. The van der Waals surface area contributed by atoms with Crippen molar-refractivity contribution in [3.63, 3.8) is 0 Å². The van der Waals surface area contributed by atoms with E-state index in [1.54, 1.807) is 42.5 Å².